The maximum Gasteiger partial charge on any atom is 2.00 e. The van der Waals surface area contributed by atoms with Gasteiger partial charge in [0.05, 0.1) is 51.8 Å². The molecule has 0 saturated heterocycles. The number of nitrogens with one attached hydrogen (secondary N) is 2. The Hall–Kier alpha value is -6.41. The van der Waals surface area contributed by atoms with Crippen LogP contribution in [0.1, 0.15) is 31.8 Å². The van der Waals surface area contributed by atoms with E-state index in [4.69, 9.17) is 32.7 Å². The molecule has 8 aromatic carbocycles. The Kier molecular flexibility index (Phi) is 18.1. The van der Waals surface area contributed by atoms with Crippen LogP contribution in [0, 0.1) is 13.8 Å². The number of halogens is 2. The van der Waals surface area contributed by atoms with Crippen LogP contribution < -0.4 is 25.2 Å². The molecule has 0 bridgehead atoms. The van der Waals surface area contributed by atoms with Gasteiger partial charge in [0.15, 0.2) is 5.75 Å². The molecule has 0 saturated carbocycles. The van der Waals surface area contributed by atoms with E-state index in [1.54, 1.807) is 103 Å². The van der Waals surface area contributed by atoms with Crippen LogP contribution in [0.2, 0.25) is 10.0 Å². The fourth-order valence-corrected chi connectivity index (χ4v) is 9.15. The monoisotopic (exact) mass is 1190 g/mol. The van der Waals surface area contributed by atoms with Gasteiger partial charge >= 0.3 is 48.9 Å². The van der Waals surface area contributed by atoms with Gasteiger partial charge in [-0.3, -0.25) is 14.1 Å². The van der Waals surface area contributed by atoms with Crippen molar-refractivity contribution < 1.29 is 55.2 Å². The molecule has 0 aliphatic rings. The number of anilines is 2. The fourth-order valence-electron chi connectivity index (χ4n) is 7.03. The van der Waals surface area contributed by atoms with Crippen LogP contribution in [0.3, 0.4) is 0 Å². The second-order valence-corrected chi connectivity index (χ2v) is 18.9. The van der Waals surface area contributed by atoms with Gasteiger partial charge < -0.3 is 34.9 Å². The van der Waals surface area contributed by atoms with E-state index in [1.165, 1.54) is 46.3 Å². The SMILES string of the molecule is COc1ccc(NC(=O)c2cc3ccccc3c(N=Nc3ccc(S(=O)(=O)O)c(Cl)c3C)c2O)cc1.COc1ccc(NC(=O)c2cc3ccccc3c(N=Nc3ccc(S(=O)(=O)[O-])c(Cl)c3C)c2[O-])cc1.[Ba+2]. The molecule has 18 nitrogen and oxygen atoms in total. The number of carbonyl (C=O) groups is 2. The molecule has 0 spiro atoms. The summed E-state index contributed by atoms with van der Waals surface area (Å²) in [6, 6.07) is 35.0. The third-order valence-electron chi connectivity index (χ3n) is 10.9. The number of carbonyl (C=O) groups excluding carboxylic acids is 2. The summed E-state index contributed by atoms with van der Waals surface area (Å²) >= 11 is 12.2. The van der Waals surface area contributed by atoms with Crippen molar-refractivity contribution in [2.45, 2.75) is 23.6 Å². The number of azo groups is 2. The van der Waals surface area contributed by atoms with E-state index in [9.17, 15) is 45.7 Å². The fraction of sp³-hybridized carbons (Fsp3) is 0.0800. The Labute approximate surface area is 468 Å². The van der Waals surface area contributed by atoms with Gasteiger partial charge in [-0.25, -0.2) is 8.42 Å². The van der Waals surface area contributed by atoms with E-state index < -0.39 is 47.6 Å². The van der Waals surface area contributed by atoms with Crippen molar-refractivity contribution in [1.29, 1.82) is 0 Å². The van der Waals surface area contributed by atoms with Crippen LogP contribution in [0.15, 0.2) is 164 Å². The molecular formula is C50H38BaCl2N6O12S2. The summed E-state index contributed by atoms with van der Waals surface area (Å²) in [4.78, 5) is 25.0. The van der Waals surface area contributed by atoms with Crippen LogP contribution >= 0.6 is 23.2 Å². The smallest absolute Gasteiger partial charge is 0.870 e. The number of aromatic hydroxyl groups is 1. The van der Waals surface area contributed by atoms with Crippen molar-refractivity contribution in [2.24, 2.45) is 20.5 Å². The van der Waals surface area contributed by atoms with Gasteiger partial charge in [0.2, 0.25) is 0 Å². The zero-order chi connectivity index (χ0) is 52.1. The van der Waals surface area contributed by atoms with Crippen LogP contribution in [0.5, 0.6) is 23.0 Å². The van der Waals surface area contributed by atoms with E-state index in [2.05, 4.69) is 31.1 Å². The Bertz CT molecular complexity index is 3490. The van der Waals surface area contributed by atoms with Crippen molar-refractivity contribution in [3.63, 3.8) is 0 Å². The van der Waals surface area contributed by atoms with E-state index in [0.717, 1.165) is 12.1 Å². The van der Waals surface area contributed by atoms with Gasteiger partial charge in [-0.15, -0.1) is 5.11 Å². The molecule has 0 fully saturated rings. The zero-order valence-corrected chi connectivity index (χ0v) is 46.3. The molecular weight excluding hydrogens is 1150 g/mol. The number of amides is 2. The van der Waals surface area contributed by atoms with Gasteiger partial charge in [-0.1, -0.05) is 77.5 Å². The van der Waals surface area contributed by atoms with Gasteiger partial charge in [-0.2, -0.15) is 23.8 Å². The third-order valence-corrected chi connectivity index (χ3v) is 13.8. The molecule has 0 heterocycles. The number of nitrogens with zero attached hydrogens (tertiary/aromatic N) is 4. The van der Waals surface area contributed by atoms with Gasteiger partial charge in [0, 0.05) is 27.7 Å². The first-order valence-electron chi connectivity index (χ1n) is 20.9. The first kappa shape index (κ1) is 55.9. The van der Waals surface area contributed by atoms with Crippen LogP contribution in [0.4, 0.5) is 34.1 Å². The molecule has 23 heteroatoms. The molecule has 0 radical (unpaired) electrons. The Balaban J connectivity index is 0.000000235. The van der Waals surface area contributed by atoms with Crippen molar-refractivity contribution in [3.8, 4) is 23.0 Å². The summed E-state index contributed by atoms with van der Waals surface area (Å²) in [7, 11) is -6.23. The molecule has 0 aromatic heterocycles. The molecule has 2 amide bonds. The average Bonchev–Trinajstić information content (AvgIpc) is 3.35. The second kappa shape index (κ2) is 23.6. The van der Waals surface area contributed by atoms with Crippen LogP contribution in [0.25, 0.3) is 21.5 Å². The second-order valence-electron chi connectivity index (χ2n) is 15.4. The van der Waals surface area contributed by atoms with E-state index in [0.29, 0.717) is 44.4 Å². The summed E-state index contributed by atoms with van der Waals surface area (Å²) in [5.41, 5.74) is 1.60. The number of phenols is 1. The molecule has 73 heavy (non-hydrogen) atoms. The van der Waals surface area contributed by atoms with Crippen molar-refractivity contribution >= 4 is 160 Å². The average molecular weight is 1190 g/mol. The first-order valence-corrected chi connectivity index (χ1v) is 24.5. The van der Waals surface area contributed by atoms with E-state index in [1.807, 2.05) is 0 Å². The Morgan fingerprint density at radius 1 is 0.589 bits per heavy atom. The zero-order valence-electron chi connectivity index (χ0n) is 38.7. The standard InChI is InChI=1S/2C25H20ClN3O6S.Ba/c2*1-14-20(11-12-21(22(14)26)36(32,33)34)28-29-23-18-6-4-3-5-15(18)13-19(24(23)30)25(31)27-16-7-9-17(35-2)10-8-16;/h2*3-13,30H,1-2H3,(H,27,31)(H,32,33,34);/q;;+2/p-2. The number of hydrogen-bond acceptors (Lipinski definition) is 15. The summed E-state index contributed by atoms with van der Waals surface area (Å²) in [6.07, 6.45) is 0. The molecule has 8 rings (SSSR count). The number of fused-ring (bicyclic) bond motifs is 2. The summed E-state index contributed by atoms with van der Waals surface area (Å²) < 4.78 is 76.6. The largest absolute Gasteiger partial charge is 2.00 e. The van der Waals surface area contributed by atoms with Crippen molar-refractivity contribution in [3.05, 3.63) is 166 Å². The first-order chi connectivity index (χ1) is 34.2. The summed E-state index contributed by atoms with van der Waals surface area (Å²) in [5, 5.41) is 47.9. The number of benzene rings is 8. The predicted octanol–water partition coefficient (Wildman–Crippen LogP) is 11.5. The minimum Gasteiger partial charge on any atom is -0.870 e. The molecule has 368 valence electrons. The van der Waals surface area contributed by atoms with Crippen LogP contribution in [-0.2, 0) is 20.2 Å². The molecule has 0 atom stereocenters. The van der Waals surface area contributed by atoms with Gasteiger partial charge in [0.25, 0.3) is 21.9 Å². The van der Waals surface area contributed by atoms with Gasteiger partial charge in [0.1, 0.15) is 32.2 Å². The van der Waals surface area contributed by atoms with Gasteiger partial charge in [-0.05, 0) is 121 Å². The maximum absolute atomic E-state index is 13.3. The van der Waals surface area contributed by atoms with Crippen LogP contribution in [-0.4, -0.2) is 106 Å². The quantitative estimate of drug-likeness (QED) is 0.0505. The van der Waals surface area contributed by atoms with E-state index in [-0.39, 0.29) is 110 Å². The Morgan fingerprint density at radius 3 is 1.47 bits per heavy atom. The molecule has 8 aromatic rings. The number of hydrogen-bond donors (Lipinski definition) is 4. The normalized spacial score (nSPS) is 11.5. The minimum atomic E-state index is -4.78. The predicted molar refractivity (Wildman–Crippen MR) is 275 cm³/mol. The molecule has 0 aliphatic heterocycles. The molecule has 4 N–H and O–H groups in total. The van der Waals surface area contributed by atoms with E-state index >= 15 is 0 Å². The summed E-state index contributed by atoms with van der Waals surface area (Å²) in [5.74, 6) is -0.979. The summed E-state index contributed by atoms with van der Waals surface area (Å²) in [6.45, 7) is 2.99. The number of methoxy groups -OCH3 is 2. The van der Waals surface area contributed by atoms with Crippen molar-refractivity contribution in [2.75, 3.05) is 24.9 Å². The Morgan fingerprint density at radius 2 is 1.00 bits per heavy atom. The number of ether oxygens (including phenoxy) is 2. The maximum atomic E-state index is 13.3. The van der Waals surface area contributed by atoms with Crippen molar-refractivity contribution in [1.82, 2.24) is 0 Å². The number of phenolic OH excluding ortho intramolecular Hbond substituents is 1. The topological polar surface area (TPSA) is 281 Å². The third kappa shape index (κ3) is 12.9. The molecule has 0 aliphatic carbocycles. The number of rotatable bonds is 12. The molecule has 0 unspecified atom stereocenters. The minimum absolute atomic E-state index is 0.